The Kier molecular flexibility index (Phi) is 6.58. The molecule has 2 rings (SSSR count). The minimum absolute atomic E-state index is 0.194. The van der Waals surface area contributed by atoms with E-state index in [-0.39, 0.29) is 17.6 Å². The Morgan fingerprint density at radius 2 is 1.81 bits per heavy atom. The number of anilines is 1. The van der Waals surface area contributed by atoms with Crippen LogP contribution in [0.2, 0.25) is 0 Å². The summed E-state index contributed by atoms with van der Waals surface area (Å²) < 4.78 is 24.4. The number of aryl methyl sites for hydroxylation is 1. The molecule has 2 N–H and O–H groups in total. The summed E-state index contributed by atoms with van der Waals surface area (Å²) in [6.07, 6.45) is 0. The van der Waals surface area contributed by atoms with E-state index in [1.807, 2.05) is 33.0 Å². The summed E-state index contributed by atoms with van der Waals surface area (Å²) in [6.45, 7) is 4.44. The third kappa shape index (κ3) is 4.52. The van der Waals surface area contributed by atoms with Crippen LogP contribution in [0.5, 0.6) is 11.5 Å². The molecule has 6 heteroatoms. The minimum atomic E-state index is -0.443. The van der Waals surface area contributed by atoms with Crippen LogP contribution in [0.4, 0.5) is 10.1 Å². The lowest BCUT2D eigenvalue weighted by Gasteiger charge is -2.22. The van der Waals surface area contributed by atoms with E-state index in [4.69, 9.17) is 9.47 Å². The van der Waals surface area contributed by atoms with Gasteiger partial charge in [-0.3, -0.25) is 4.79 Å². The molecule has 140 valence electrons. The van der Waals surface area contributed by atoms with Gasteiger partial charge in [-0.15, -0.1) is 0 Å². The van der Waals surface area contributed by atoms with E-state index in [1.165, 1.54) is 6.07 Å². The highest BCUT2D eigenvalue weighted by Crippen LogP contribution is 2.29. The van der Waals surface area contributed by atoms with Gasteiger partial charge in [0.05, 0.1) is 27.0 Å². The van der Waals surface area contributed by atoms with Gasteiger partial charge in [0.2, 0.25) is 0 Å². The van der Waals surface area contributed by atoms with Crippen LogP contribution in [0.25, 0.3) is 0 Å². The summed E-state index contributed by atoms with van der Waals surface area (Å²) >= 11 is 0. The Morgan fingerprint density at radius 3 is 2.42 bits per heavy atom. The molecule has 0 fully saturated rings. The number of methoxy groups -OCH3 is 2. The largest absolute Gasteiger partial charge is 0.493 e. The first-order valence-corrected chi connectivity index (χ1v) is 8.46. The number of amides is 1. The smallest absolute Gasteiger partial charge is 0.282 e. The van der Waals surface area contributed by atoms with E-state index < -0.39 is 5.82 Å². The summed E-state index contributed by atoms with van der Waals surface area (Å²) in [4.78, 5) is 13.4. The van der Waals surface area contributed by atoms with Crippen LogP contribution >= 0.6 is 0 Å². The molecule has 0 aliphatic carbocycles. The number of halogens is 1. The summed E-state index contributed by atoms with van der Waals surface area (Å²) in [5, 5.41) is 2.65. The van der Waals surface area contributed by atoms with Crippen LogP contribution in [0, 0.1) is 12.7 Å². The fourth-order valence-electron chi connectivity index (χ4n) is 2.69. The molecular weight excluding hydrogens is 335 g/mol. The van der Waals surface area contributed by atoms with Crippen molar-refractivity contribution in [2.75, 3.05) is 26.6 Å². The van der Waals surface area contributed by atoms with Gasteiger partial charge in [0, 0.05) is 5.56 Å². The number of hydrogen-bond acceptors (Lipinski definition) is 3. The number of benzene rings is 2. The van der Waals surface area contributed by atoms with Crippen molar-refractivity contribution in [3.63, 3.8) is 0 Å². The van der Waals surface area contributed by atoms with Gasteiger partial charge in [0.1, 0.15) is 12.4 Å². The second-order valence-corrected chi connectivity index (χ2v) is 6.35. The predicted octanol–water partition coefficient (Wildman–Crippen LogP) is 2.19. The molecule has 2 aromatic carbocycles. The van der Waals surface area contributed by atoms with E-state index >= 15 is 0 Å². The van der Waals surface area contributed by atoms with E-state index in [0.717, 1.165) is 16.0 Å². The second kappa shape index (κ2) is 8.67. The minimum Gasteiger partial charge on any atom is -0.493 e. The molecular formula is C20H26FN2O3+. The number of rotatable bonds is 7. The molecule has 2 atom stereocenters. The zero-order valence-electron chi connectivity index (χ0n) is 15.9. The van der Waals surface area contributed by atoms with Crippen LogP contribution in [0.3, 0.4) is 0 Å². The van der Waals surface area contributed by atoms with Crippen molar-refractivity contribution >= 4 is 11.6 Å². The molecule has 0 bridgehead atoms. The van der Waals surface area contributed by atoms with Gasteiger partial charge in [0.15, 0.2) is 17.5 Å². The Morgan fingerprint density at radius 1 is 1.19 bits per heavy atom. The fourth-order valence-corrected chi connectivity index (χ4v) is 2.69. The standard InChI is InChI=1S/C20H25FN2O3/c1-13-10-18(25-4)19(26-5)11-15(13)12-23(3)14(2)20(24)22-17-9-7-6-8-16(17)21/h6-11,14H,12H2,1-5H3,(H,22,24)/p+1/t14-/m0/s1. The van der Waals surface area contributed by atoms with Crippen LogP contribution in [0.1, 0.15) is 18.1 Å². The van der Waals surface area contributed by atoms with Gasteiger partial charge in [-0.1, -0.05) is 12.1 Å². The molecule has 0 heterocycles. The van der Waals surface area contributed by atoms with Crippen LogP contribution in [-0.2, 0) is 11.3 Å². The Bertz CT molecular complexity index is 780. The second-order valence-electron chi connectivity index (χ2n) is 6.35. The van der Waals surface area contributed by atoms with Crippen molar-refractivity contribution in [3.8, 4) is 11.5 Å². The van der Waals surface area contributed by atoms with Crippen molar-refractivity contribution in [1.29, 1.82) is 0 Å². The van der Waals surface area contributed by atoms with Crippen LogP contribution < -0.4 is 19.7 Å². The maximum atomic E-state index is 13.7. The Balaban J connectivity index is 2.10. The van der Waals surface area contributed by atoms with Gasteiger partial charge in [-0.25, -0.2) is 4.39 Å². The van der Waals surface area contributed by atoms with Gasteiger partial charge in [-0.2, -0.15) is 0 Å². The van der Waals surface area contributed by atoms with Gasteiger partial charge in [-0.05, 0) is 43.7 Å². The number of ether oxygens (including phenoxy) is 2. The molecule has 0 radical (unpaired) electrons. The van der Waals surface area contributed by atoms with Crippen molar-refractivity contribution < 1.29 is 23.6 Å². The molecule has 0 saturated carbocycles. The molecule has 0 aromatic heterocycles. The summed E-state index contributed by atoms with van der Waals surface area (Å²) in [5.41, 5.74) is 2.31. The van der Waals surface area contributed by atoms with Crippen molar-refractivity contribution in [3.05, 3.63) is 53.3 Å². The van der Waals surface area contributed by atoms with Crippen LogP contribution in [-0.4, -0.2) is 33.2 Å². The van der Waals surface area contributed by atoms with E-state index in [0.29, 0.717) is 18.0 Å². The molecule has 26 heavy (non-hydrogen) atoms. The lowest BCUT2D eigenvalue weighted by Crippen LogP contribution is -3.12. The highest BCUT2D eigenvalue weighted by molar-refractivity contribution is 5.93. The maximum Gasteiger partial charge on any atom is 0.282 e. The number of para-hydroxylation sites is 1. The molecule has 0 aliphatic rings. The van der Waals surface area contributed by atoms with E-state index in [9.17, 15) is 9.18 Å². The Hall–Kier alpha value is -2.60. The first-order valence-electron chi connectivity index (χ1n) is 8.46. The number of hydrogen-bond donors (Lipinski definition) is 2. The number of carbonyl (C=O) groups is 1. The lowest BCUT2D eigenvalue weighted by atomic mass is 10.1. The van der Waals surface area contributed by atoms with Crippen molar-refractivity contribution in [2.45, 2.75) is 26.4 Å². The van der Waals surface area contributed by atoms with Crippen LogP contribution in [0.15, 0.2) is 36.4 Å². The van der Waals surface area contributed by atoms with Crippen molar-refractivity contribution in [2.24, 2.45) is 0 Å². The highest BCUT2D eigenvalue weighted by Gasteiger charge is 2.24. The average molecular weight is 361 g/mol. The van der Waals surface area contributed by atoms with Crippen molar-refractivity contribution in [1.82, 2.24) is 0 Å². The third-order valence-corrected chi connectivity index (χ3v) is 4.58. The number of nitrogens with one attached hydrogen (secondary N) is 2. The first kappa shape index (κ1) is 19.7. The summed E-state index contributed by atoms with van der Waals surface area (Å²) in [5.74, 6) is 0.660. The normalized spacial score (nSPS) is 13.0. The van der Waals surface area contributed by atoms with Gasteiger partial charge < -0.3 is 19.7 Å². The molecule has 0 saturated heterocycles. The zero-order chi connectivity index (χ0) is 19.3. The van der Waals surface area contributed by atoms with E-state index in [1.54, 1.807) is 32.4 Å². The maximum absolute atomic E-state index is 13.7. The third-order valence-electron chi connectivity index (χ3n) is 4.58. The molecule has 0 aliphatic heterocycles. The molecule has 0 spiro atoms. The molecule has 5 nitrogen and oxygen atoms in total. The first-order chi connectivity index (χ1) is 12.4. The highest BCUT2D eigenvalue weighted by atomic mass is 19.1. The molecule has 2 aromatic rings. The average Bonchev–Trinajstić information content (AvgIpc) is 2.63. The van der Waals surface area contributed by atoms with Gasteiger partial charge >= 0.3 is 0 Å². The molecule has 1 unspecified atom stereocenters. The predicted molar refractivity (Wildman–Crippen MR) is 99.4 cm³/mol. The monoisotopic (exact) mass is 361 g/mol. The lowest BCUT2D eigenvalue weighted by molar-refractivity contribution is -0.907. The topological polar surface area (TPSA) is 52.0 Å². The summed E-state index contributed by atoms with van der Waals surface area (Å²) in [6, 6.07) is 9.64. The zero-order valence-corrected chi connectivity index (χ0v) is 15.9. The Labute approximate surface area is 153 Å². The number of likely N-dealkylation sites (N-methyl/N-ethyl adjacent to an activating group) is 1. The fraction of sp³-hybridized carbons (Fsp3) is 0.350. The quantitative estimate of drug-likeness (QED) is 0.795. The SMILES string of the molecule is COc1cc(C)c(C[NH+](C)[C@@H](C)C(=O)Nc2ccccc2F)cc1OC. The summed E-state index contributed by atoms with van der Waals surface area (Å²) in [7, 11) is 5.13. The number of quaternary nitrogens is 1. The number of carbonyl (C=O) groups excluding carboxylic acids is 1. The van der Waals surface area contributed by atoms with E-state index in [2.05, 4.69) is 5.32 Å². The molecule has 1 amide bonds. The van der Waals surface area contributed by atoms with Gasteiger partial charge in [0.25, 0.3) is 5.91 Å².